The minimum atomic E-state index is -0.364. The highest BCUT2D eigenvalue weighted by Crippen LogP contribution is 2.42. The highest BCUT2D eigenvalue weighted by atomic mass is 32.1. The number of aromatic nitrogens is 2. The van der Waals surface area contributed by atoms with E-state index in [-0.39, 0.29) is 36.3 Å². The van der Waals surface area contributed by atoms with Crippen molar-refractivity contribution in [3.05, 3.63) is 70.4 Å². The van der Waals surface area contributed by atoms with E-state index in [2.05, 4.69) is 15.6 Å². The smallest absolute Gasteiger partial charge is 0.318 e. The van der Waals surface area contributed by atoms with Gasteiger partial charge in [-0.25, -0.2) is 14.8 Å². The Bertz CT molecular complexity index is 1240. The molecule has 3 amide bonds. The van der Waals surface area contributed by atoms with Crippen LogP contribution in [0.1, 0.15) is 60.4 Å². The summed E-state index contributed by atoms with van der Waals surface area (Å²) in [5.41, 5.74) is 4.43. The first-order valence-corrected chi connectivity index (χ1v) is 12.4. The number of anilines is 1. The van der Waals surface area contributed by atoms with Crippen molar-refractivity contribution < 1.29 is 14.7 Å². The maximum Gasteiger partial charge on any atom is 0.318 e. The summed E-state index contributed by atoms with van der Waals surface area (Å²) in [6.07, 6.45) is 5.95. The Labute approximate surface area is 208 Å². The molecule has 2 aromatic heterocycles. The largest absolute Gasteiger partial charge is 0.396 e. The molecule has 3 aromatic rings. The van der Waals surface area contributed by atoms with Crippen molar-refractivity contribution in [1.29, 1.82) is 0 Å². The van der Waals surface area contributed by atoms with Crippen molar-refractivity contribution >= 4 is 34.5 Å². The lowest BCUT2D eigenvalue weighted by Crippen LogP contribution is -2.42. The van der Waals surface area contributed by atoms with E-state index in [0.717, 1.165) is 22.3 Å². The number of nitrogens with zero attached hydrogens (tertiary/aromatic N) is 3. The molecule has 1 aliphatic rings. The van der Waals surface area contributed by atoms with E-state index in [1.54, 1.807) is 22.5 Å². The van der Waals surface area contributed by atoms with E-state index >= 15 is 0 Å². The van der Waals surface area contributed by atoms with Gasteiger partial charge in [-0.15, -0.1) is 11.3 Å². The Hall–Kier alpha value is -3.56. The van der Waals surface area contributed by atoms with Crippen molar-refractivity contribution in [2.24, 2.45) is 0 Å². The lowest BCUT2D eigenvalue weighted by molar-refractivity contribution is 0.102. The summed E-state index contributed by atoms with van der Waals surface area (Å²) in [4.78, 5) is 36.8. The summed E-state index contributed by atoms with van der Waals surface area (Å²) >= 11 is 1.33. The number of benzene rings is 1. The van der Waals surface area contributed by atoms with Gasteiger partial charge in [-0.2, -0.15) is 0 Å². The third kappa shape index (κ3) is 5.41. The summed E-state index contributed by atoms with van der Waals surface area (Å²) in [5, 5.41) is 17.9. The number of carbonyl (C=O) groups excluding carboxylic acids is 2. The van der Waals surface area contributed by atoms with Gasteiger partial charge in [-0.05, 0) is 50.5 Å². The van der Waals surface area contributed by atoms with E-state index in [0.29, 0.717) is 23.8 Å². The van der Waals surface area contributed by atoms with Crippen LogP contribution in [0.2, 0.25) is 0 Å². The Balaban J connectivity index is 1.84. The average Bonchev–Trinajstić information content (AvgIpc) is 3.47. The molecule has 4 rings (SSSR count). The van der Waals surface area contributed by atoms with Crippen LogP contribution in [0.3, 0.4) is 0 Å². The summed E-state index contributed by atoms with van der Waals surface area (Å²) in [6.45, 7) is 6.00. The molecule has 9 heteroatoms. The van der Waals surface area contributed by atoms with Gasteiger partial charge in [0, 0.05) is 41.9 Å². The Morgan fingerprint density at radius 1 is 1.31 bits per heavy atom. The molecular formula is C26H29N5O3S. The molecule has 3 N–H and O–H groups in total. The second-order valence-electron chi connectivity index (χ2n) is 8.61. The number of urea groups is 1. The number of fused-ring (bicyclic) bond motifs is 1. The lowest BCUT2D eigenvalue weighted by Gasteiger charge is -2.26. The summed E-state index contributed by atoms with van der Waals surface area (Å²) in [6, 6.07) is 9.04. The first kappa shape index (κ1) is 24.6. The Morgan fingerprint density at radius 2 is 2.14 bits per heavy atom. The second kappa shape index (κ2) is 10.8. The molecule has 0 saturated heterocycles. The van der Waals surface area contributed by atoms with Crippen LogP contribution in [0, 0.1) is 0 Å². The molecule has 0 radical (unpaired) electrons. The molecule has 0 aliphatic carbocycles. The van der Waals surface area contributed by atoms with Gasteiger partial charge >= 0.3 is 6.03 Å². The molecule has 1 atom stereocenters. The van der Waals surface area contributed by atoms with Crippen LogP contribution in [0.25, 0.3) is 17.3 Å². The number of hydrogen-bond acceptors (Lipinski definition) is 6. The fourth-order valence-electron chi connectivity index (χ4n) is 4.29. The van der Waals surface area contributed by atoms with E-state index in [4.69, 9.17) is 4.98 Å². The van der Waals surface area contributed by atoms with Crippen molar-refractivity contribution in [3.8, 4) is 11.3 Å². The molecule has 0 bridgehead atoms. The average molecular weight is 492 g/mol. The number of hydrogen-bond donors (Lipinski definition) is 3. The number of aliphatic hydroxyl groups excluding tert-OH is 1. The normalized spacial score (nSPS) is 15.0. The quantitative estimate of drug-likeness (QED) is 0.438. The van der Waals surface area contributed by atoms with Crippen LogP contribution >= 0.6 is 11.3 Å². The van der Waals surface area contributed by atoms with Crippen molar-refractivity contribution in [1.82, 2.24) is 20.2 Å². The lowest BCUT2D eigenvalue weighted by atomic mass is 9.95. The zero-order valence-corrected chi connectivity index (χ0v) is 20.8. The van der Waals surface area contributed by atoms with Gasteiger partial charge in [0.2, 0.25) is 0 Å². The molecule has 0 spiro atoms. The molecule has 182 valence electrons. The van der Waals surface area contributed by atoms with Gasteiger partial charge in [0.1, 0.15) is 5.69 Å². The van der Waals surface area contributed by atoms with E-state index in [9.17, 15) is 14.7 Å². The predicted octanol–water partition coefficient (Wildman–Crippen LogP) is 4.85. The third-order valence-electron chi connectivity index (χ3n) is 5.67. The summed E-state index contributed by atoms with van der Waals surface area (Å²) in [5.74, 6) is -0.364. The number of allylic oxidation sites excluding steroid dienone is 1. The monoisotopic (exact) mass is 491 g/mol. The minimum absolute atomic E-state index is 0.0317. The summed E-state index contributed by atoms with van der Waals surface area (Å²) < 4.78 is 0. The first-order chi connectivity index (χ1) is 16.9. The highest BCUT2D eigenvalue weighted by molar-refractivity contribution is 7.13. The van der Waals surface area contributed by atoms with Gasteiger partial charge in [-0.3, -0.25) is 10.1 Å². The number of rotatable bonds is 7. The molecule has 3 heterocycles. The first-order valence-electron chi connectivity index (χ1n) is 11.6. The zero-order valence-electron chi connectivity index (χ0n) is 20.0. The molecule has 0 saturated carbocycles. The van der Waals surface area contributed by atoms with Gasteiger partial charge in [0.15, 0.2) is 5.13 Å². The van der Waals surface area contributed by atoms with Gasteiger partial charge in [0.25, 0.3) is 5.91 Å². The van der Waals surface area contributed by atoms with E-state index < -0.39 is 0 Å². The standard InChI is InChI=1S/C26H29N5O3S/c1-4-6-17-7-5-8-18(13-17)23-22-19(14-20(29-23)24(33)30-25-27-10-12-35-25)15-31(21(22)9-11-32)26(34)28-16(2)3/h4-8,10,12-14,16,21,32H,9,11,15H2,1-3H3,(H,28,34)(H,27,30,33)/t21-/m1/s1. The van der Waals surface area contributed by atoms with Crippen LogP contribution in [-0.2, 0) is 6.54 Å². The number of pyridine rings is 1. The fourth-order valence-corrected chi connectivity index (χ4v) is 4.81. The molecular weight excluding hydrogens is 462 g/mol. The highest BCUT2D eigenvalue weighted by Gasteiger charge is 2.37. The maximum atomic E-state index is 13.1. The predicted molar refractivity (Wildman–Crippen MR) is 138 cm³/mol. The maximum absolute atomic E-state index is 13.1. The number of amides is 3. The molecule has 1 aromatic carbocycles. The SMILES string of the molecule is CC=Cc1cccc(-c2nc(C(=O)Nc3nccs3)cc3c2[C@@H](CCO)N(C(=O)NC(C)C)C3)c1. The van der Waals surface area contributed by atoms with Gasteiger partial charge < -0.3 is 15.3 Å². The van der Waals surface area contributed by atoms with Crippen LogP contribution in [0.5, 0.6) is 0 Å². The number of aliphatic hydroxyl groups is 1. The Morgan fingerprint density at radius 3 is 2.83 bits per heavy atom. The van der Waals surface area contributed by atoms with E-state index in [1.807, 2.05) is 57.2 Å². The van der Waals surface area contributed by atoms with Crippen LogP contribution in [0.4, 0.5) is 9.93 Å². The van der Waals surface area contributed by atoms with Gasteiger partial charge in [-0.1, -0.05) is 30.4 Å². The zero-order chi connectivity index (χ0) is 24.9. The molecule has 8 nitrogen and oxygen atoms in total. The number of carbonyl (C=O) groups is 2. The minimum Gasteiger partial charge on any atom is -0.396 e. The number of nitrogens with one attached hydrogen (secondary N) is 2. The van der Waals surface area contributed by atoms with Crippen LogP contribution < -0.4 is 10.6 Å². The van der Waals surface area contributed by atoms with Crippen LogP contribution in [-0.4, -0.2) is 44.6 Å². The Kier molecular flexibility index (Phi) is 7.57. The molecule has 35 heavy (non-hydrogen) atoms. The van der Waals surface area contributed by atoms with Crippen molar-refractivity contribution in [2.75, 3.05) is 11.9 Å². The molecule has 0 unspecified atom stereocenters. The van der Waals surface area contributed by atoms with E-state index in [1.165, 1.54) is 11.3 Å². The van der Waals surface area contributed by atoms with Crippen molar-refractivity contribution in [2.45, 2.75) is 45.8 Å². The van der Waals surface area contributed by atoms with Crippen LogP contribution in [0.15, 0.2) is 48.0 Å². The topological polar surface area (TPSA) is 107 Å². The molecule has 0 fully saturated rings. The number of thiazole rings is 1. The summed E-state index contributed by atoms with van der Waals surface area (Å²) in [7, 11) is 0. The third-order valence-corrected chi connectivity index (χ3v) is 6.36. The van der Waals surface area contributed by atoms with Gasteiger partial charge in [0.05, 0.1) is 11.7 Å². The second-order valence-corrected chi connectivity index (χ2v) is 9.50. The molecule has 1 aliphatic heterocycles. The van der Waals surface area contributed by atoms with Crippen molar-refractivity contribution in [3.63, 3.8) is 0 Å². The fraction of sp³-hybridized carbons (Fsp3) is 0.308.